The summed E-state index contributed by atoms with van der Waals surface area (Å²) >= 11 is 0. The van der Waals surface area contributed by atoms with Crippen LogP contribution in [0.25, 0.3) is 10.9 Å². The molecule has 3 rings (SSSR count). The highest BCUT2D eigenvalue weighted by atomic mass is 16.4. The summed E-state index contributed by atoms with van der Waals surface area (Å²) < 4.78 is 0. The first kappa shape index (κ1) is 63.3. The average molecular weight is 1080 g/mol. The molecule has 3 aromatic rings. The van der Waals surface area contributed by atoms with E-state index in [4.69, 9.17) is 11.5 Å². The number of carboxylic acid groups (broad SMARTS) is 2. The number of hydrogen-bond acceptors (Lipinski definition) is 14. The quantitative estimate of drug-likeness (QED) is 0.0307. The topological polar surface area (TPSA) is 433 Å². The van der Waals surface area contributed by atoms with E-state index in [0.717, 1.165) is 6.92 Å². The Morgan fingerprint density at radius 1 is 0.545 bits per heavy atom. The molecule has 26 heteroatoms. The molecule has 0 aliphatic rings. The van der Waals surface area contributed by atoms with Crippen molar-refractivity contribution in [3.05, 3.63) is 71.9 Å². The van der Waals surface area contributed by atoms with Crippen molar-refractivity contribution in [3.63, 3.8) is 0 Å². The number of primary amides is 1. The summed E-state index contributed by atoms with van der Waals surface area (Å²) in [4.78, 5) is 149. The van der Waals surface area contributed by atoms with Crippen molar-refractivity contribution in [1.82, 2.24) is 47.5 Å². The molecule has 2 aromatic carbocycles. The monoisotopic (exact) mass is 1080 g/mol. The van der Waals surface area contributed by atoms with Crippen molar-refractivity contribution in [3.8, 4) is 0 Å². The van der Waals surface area contributed by atoms with Gasteiger partial charge in [-0.15, -0.1) is 0 Å². The SMILES string of the molecule is CC(C)CC(NC(=O)C(C)N)C(=O)NC(CC(=O)O)C(=O)NC(Cc1ccccc1)C(=O)NC(CO)C(=O)NC(Cc1c[nH]c2ccccc12)C(=O)NC(CC(C)C)C(=O)NC(CCC(N)=O)C(=O)NC(C(=O)O)C(C)O. The maximum Gasteiger partial charge on any atom is 0.328 e. The predicted molar refractivity (Wildman–Crippen MR) is 277 cm³/mol. The lowest BCUT2D eigenvalue weighted by Crippen LogP contribution is -2.61. The van der Waals surface area contributed by atoms with E-state index in [1.807, 2.05) is 0 Å². The van der Waals surface area contributed by atoms with Crippen LogP contribution in [0.5, 0.6) is 0 Å². The van der Waals surface area contributed by atoms with Crippen LogP contribution in [0.2, 0.25) is 0 Å². The van der Waals surface area contributed by atoms with Gasteiger partial charge in [-0.25, -0.2) is 4.79 Å². The normalized spacial score (nSPS) is 15.2. The van der Waals surface area contributed by atoms with Crippen molar-refractivity contribution < 1.29 is 73.2 Å². The third-order valence-electron chi connectivity index (χ3n) is 11.9. The minimum Gasteiger partial charge on any atom is -0.481 e. The molecule has 0 spiro atoms. The Morgan fingerprint density at radius 3 is 1.49 bits per heavy atom. The highest BCUT2D eigenvalue weighted by molar-refractivity contribution is 5.99. The lowest BCUT2D eigenvalue weighted by molar-refractivity contribution is -0.145. The molecular weight excluding hydrogens is 1010 g/mol. The Labute approximate surface area is 444 Å². The maximum atomic E-state index is 14.5. The Hall–Kier alpha value is -7.97. The second-order valence-electron chi connectivity index (χ2n) is 19.6. The first-order valence-electron chi connectivity index (χ1n) is 25.0. The molecule has 0 saturated carbocycles. The Kier molecular flexibility index (Phi) is 25.1. The van der Waals surface area contributed by atoms with E-state index in [2.05, 4.69) is 47.5 Å². The van der Waals surface area contributed by atoms with E-state index < -0.39 is 151 Å². The van der Waals surface area contributed by atoms with E-state index in [1.165, 1.54) is 6.92 Å². The van der Waals surface area contributed by atoms with Gasteiger partial charge in [-0.2, -0.15) is 0 Å². The number of carbonyl (C=O) groups is 11. The molecule has 0 fully saturated rings. The third kappa shape index (κ3) is 20.9. The summed E-state index contributed by atoms with van der Waals surface area (Å²) in [7, 11) is 0. The molecule has 10 atom stereocenters. The van der Waals surface area contributed by atoms with Crippen molar-refractivity contribution in [2.24, 2.45) is 23.3 Å². The van der Waals surface area contributed by atoms with E-state index in [9.17, 15) is 73.2 Å². The second kappa shape index (κ2) is 30.5. The van der Waals surface area contributed by atoms with Crippen LogP contribution < -0.4 is 54.0 Å². The van der Waals surface area contributed by atoms with Gasteiger partial charge in [0.15, 0.2) is 6.04 Å². The van der Waals surface area contributed by atoms with Crippen molar-refractivity contribution in [1.29, 1.82) is 0 Å². The summed E-state index contributed by atoms with van der Waals surface area (Å²) in [5, 5.41) is 59.9. The largest absolute Gasteiger partial charge is 0.481 e. The van der Waals surface area contributed by atoms with Crippen molar-refractivity contribution in [2.75, 3.05) is 6.61 Å². The highest BCUT2D eigenvalue weighted by Gasteiger charge is 2.36. The van der Waals surface area contributed by atoms with Crippen LogP contribution >= 0.6 is 0 Å². The Balaban J connectivity index is 1.98. The van der Waals surface area contributed by atoms with Gasteiger partial charge >= 0.3 is 11.9 Å². The molecular formula is C51H73N11O15. The maximum absolute atomic E-state index is 14.5. The second-order valence-corrected chi connectivity index (χ2v) is 19.6. The fourth-order valence-corrected chi connectivity index (χ4v) is 7.91. The van der Waals surface area contributed by atoms with E-state index in [1.54, 1.807) is 88.5 Å². The van der Waals surface area contributed by atoms with E-state index in [0.29, 0.717) is 22.0 Å². The Morgan fingerprint density at radius 2 is 0.987 bits per heavy atom. The first-order chi connectivity index (χ1) is 36.2. The number of rotatable bonds is 32. The van der Waals surface area contributed by atoms with Gasteiger partial charge in [-0.05, 0) is 62.1 Å². The van der Waals surface area contributed by atoms with Crippen LogP contribution in [0.15, 0.2) is 60.8 Å². The van der Waals surface area contributed by atoms with Crippen LogP contribution in [0.1, 0.15) is 84.8 Å². The number of aliphatic hydroxyl groups excluding tert-OH is 2. The molecule has 0 bridgehead atoms. The molecule has 9 amide bonds. The van der Waals surface area contributed by atoms with Gasteiger partial charge in [0.1, 0.15) is 42.3 Å². The molecule has 0 saturated heterocycles. The molecule has 10 unspecified atom stereocenters. The van der Waals surface area contributed by atoms with Crippen LogP contribution in [-0.4, -0.2) is 158 Å². The average Bonchev–Trinajstić information content (AvgIpc) is 3.76. The fourth-order valence-electron chi connectivity index (χ4n) is 7.91. The number of carbonyl (C=O) groups excluding carboxylic acids is 9. The van der Waals surface area contributed by atoms with Crippen LogP contribution in [-0.2, 0) is 65.6 Å². The summed E-state index contributed by atoms with van der Waals surface area (Å²) in [6.45, 7) is 8.39. The Bertz CT molecular complexity index is 2550. The number of hydrogen-bond donors (Lipinski definition) is 15. The number of nitrogens with one attached hydrogen (secondary N) is 9. The van der Waals surface area contributed by atoms with Crippen LogP contribution in [0.4, 0.5) is 0 Å². The smallest absolute Gasteiger partial charge is 0.328 e. The third-order valence-corrected chi connectivity index (χ3v) is 11.9. The van der Waals surface area contributed by atoms with Gasteiger partial charge < -0.3 is 79.4 Å². The summed E-state index contributed by atoms with van der Waals surface area (Å²) in [6.07, 6.45) is -2.29. The molecule has 26 nitrogen and oxygen atoms in total. The van der Waals surface area contributed by atoms with Crippen molar-refractivity contribution in [2.45, 2.75) is 147 Å². The number of aliphatic hydroxyl groups is 2. The zero-order valence-corrected chi connectivity index (χ0v) is 43.8. The molecule has 422 valence electrons. The van der Waals surface area contributed by atoms with Gasteiger partial charge in [0.2, 0.25) is 53.2 Å². The molecule has 0 aliphatic carbocycles. The van der Waals surface area contributed by atoms with Gasteiger partial charge in [0.25, 0.3) is 0 Å². The van der Waals surface area contributed by atoms with Gasteiger partial charge in [-0.3, -0.25) is 47.9 Å². The number of carboxylic acids is 2. The van der Waals surface area contributed by atoms with Crippen LogP contribution in [0.3, 0.4) is 0 Å². The number of aromatic nitrogens is 1. The molecule has 77 heavy (non-hydrogen) atoms. The van der Waals surface area contributed by atoms with Crippen molar-refractivity contribution >= 4 is 76.0 Å². The lowest BCUT2D eigenvalue weighted by atomic mass is 9.99. The summed E-state index contributed by atoms with van der Waals surface area (Å²) in [5.41, 5.74) is 12.6. The van der Waals surface area contributed by atoms with Crippen LogP contribution in [0, 0.1) is 11.8 Å². The molecule has 0 aliphatic heterocycles. The number of aromatic amines is 1. The predicted octanol–water partition coefficient (Wildman–Crippen LogP) is -2.53. The van der Waals surface area contributed by atoms with Gasteiger partial charge in [0.05, 0.1) is 25.2 Å². The van der Waals surface area contributed by atoms with E-state index >= 15 is 0 Å². The number of H-pyrrole nitrogens is 1. The molecule has 1 aromatic heterocycles. The number of benzene rings is 2. The summed E-state index contributed by atoms with van der Waals surface area (Å²) in [5.74, 6) is -12.3. The fraction of sp³-hybridized carbons (Fsp3) is 0.510. The molecule has 1 heterocycles. The lowest BCUT2D eigenvalue weighted by Gasteiger charge is -2.28. The van der Waals surface area contributed by atoms with E-state index in [-0.39, 0.29) is 37.5 Å². The van der Waals surface area contributed by atoms with Gasteiger partial charge in [-0.1, -0.05) is 76.2 Å². The zero-order chi connectivity index (χ0) is 57.7. The molecule has 17 N–H and O–H groups in total. The summed E-state index contributed by atoms with van der Waals surface area (Å²) in [6, 6.07) is 1.30. The number of fused-ring (bicyclic) bond motifs is 1. The number of amides is 9. The minimum absolute atomic E-state index is 0.0651. The number of nitrogens with two attached hydrogens (primary N) is 2. The minimum atomic E-state index is -1.83. The highest BCUT2D eigenvalue weighted by Crippen LogP contribution is 2.20. The number of aliphatic carboxylic acids is 2. The molecule has 0 radical (unpaired) electrons. The zero-order valence-electron chi connectivity index (χ0n) is 43.8. The first-order valence-corrected chi connectivity index (χ1v) is 25.0. The standard InChI is InChI=1S/C51H73N11O15/c1-25(2)18-34(56-43(68)27(5)52)46(71)60-38(22-41(66)67)49(74)58-36(20-29-12-8-7-9-13-29)47(72)61-39(24-63)50(75)59-37(21-30-23-54-32-15-11-10-14-31(30)32)48(73)57-35(19-26(3)4)45(70)55-33(16-17-40(53)65)44(69)62-42(28(6)64)51(76)77/h7-15,23,25-28,33-39,42,54,63-64H,16-22,24,52H2,1-6H3,(H2,53,65)(H,55,70)(H,56,68)(H,57,73)(H,58,74)(H,59,75)(H,60,71)(H,61,72)(H,62,69)(H,66,67)(H,76,77). The number of para-hydroxylation sites is 1. The van der Waals surface area contributed by atoms with Gasteiger partial charge in [0, 0.05) is 36.4 Å².